The topological polar surface area (TPSA) is 32.3 Å². The zero-order valence-electron chi connectivity index (χ0n) is 9.26. The molecule has 3 nitrogen and oxygen atoms in total. The molecule has 16 heavy (non-hydrogen) atoms. The molecule has 0 heterocycles. The lowest BCUT2D eigenvalue weighted by Crippen LogP contribution is -2.23. The standard InChI is InChI=1S/C11H14BrClN2O/c1-15(2)10(16)6-7-14-9-5-3-4-8(13)11(9)12/h3-5,14H,6-7H2,1-2H3. The van der Waals surface area contributed by atoms with Crippen LogP contribution in [0.5, 0.6) is 0 Å². The van der Waals surface area contributed by atoms with Crippen LogP contribution in [0.2, 0.25) is 5.02 Å². The molecule has 0 aliphatic heterocycles. The molecule has 0 aliphatic rings. The average molecular weight is 306 g/mol. The molecule has 0 saturated heterocycles. The Hall–Kier alpha value is -0.740. The highest BCUT2D eigenvalue weighted by Gasteiger charge is 2.05. The summed E-state index contributed by atoms with van der Waals surface area (Å²) in [6.07, 6.45) is 0.464. The lowest BCUT2D eigenvalue weighted by atomic mass is 10.3. The number of carbonyl (C=O) groups is 1. The third kappa shape index (κ3) is 3.68. The van der Waals surface area contributed by atoms with Crippen LogP contribution in [0.15, 0.2) is 22.7 Å². The lowest BCUT2D eigenvalue weighted by molar-refractivity contribution is -0.128. The number of halogens is 2. The van der Waals surface area contributed by atoms with Crippen molar-refractivity contribution < 1.29 is 4.79 Å². The van der Waals surface area contributed by atoms with Gasteiger partial charge in [-0.05, 0) is 28.1 Å². The normalized spacial score (nSPS) is 10.0. The SMILES string of the molecule is CN(C)C(=O)CCNc1cccc(Cl)c1Br. The minimum absolute atomic E-state index is 0.102. The van der Waals surface area contributed by atoms with Crippen LogP contribution in [0.4, 0.5) is 5.69 Å². The number of hydrogen-bond donors (Lipinski definition) is 1. The van der Waals surface area contributed by atoms with Gasteiger partial charge in [-0.15, -0.1) is 0 Å². The van der Waals surface area contributed by atoms with Crippen LogP contribution >= 0.6 is 27.5 Å². The van der Waals surface area contributed by atoms with Crippen molar-refractivity contribution in [2.45, 2.75) is 6.42 Å². The van der Waals surface area contributed by atoms with E-state index in [1.54, 1.807) is 19.0 Å². The van der Waals surface area contributed by atoms with Crippen LogP contribution in [0, 0.1) is 0 Å². The highest BCUT2D eigenvalue weighted by molar-refractivity contribution is 9.10. The van der Waals surface area contributed by atoms with Crippen molar-refractivity contribution in [3.8, 4) is 0 Å². The van der Waals surface area contributed by atoms with Gasteiger partial charge in [0.25, 0.3) is 0 Å². The van der Waals surface area contributed by atoms with Crippen molar-refractivity contribution >= 4 is 39.1 Å². The third-order valence-corrected chi connectivity index (χ3v) is 3.50. The molecule has 88 valence electrons. The maximum atomic E-state index is 11.3. The van der Waals surface area contributed by atoms with E-state index in [1.165, 1.54) is 0 Å². The first-order valence-electron chi connectivity index (χ1n) is 4.90. The van der Waals surface area contributed by atoms with Gasteiger partial charge < -0.3 is 10.2 Å². The second-order valence-electron chi connectivity index (χ2n) is 3.57. The van der Waals surface area contributed by atoms with E-state index >= 15 is 0 Å². The number of hydrogen-bond acceptors (Lipinski definition) is 2. The molecule has 1 N–H and O–H groups in total. The first-order valence-corrected chi connectivity index (χ1v) is 6.07. The van der Waals surface area contributed by atoms with Gasteiger partial charge in [0, 0.05) is 32.7 Å². The van der Waals surface area contributed by atoms with E-state index in [-0.39, 0.29) is 5.91 Å². The number of nitrogens with zero attached hydrogens (tertiary/aromatic N) is 1. The van der Waals surface area contributed by atoms with E-state index in [9.17, 15) is 4.79 Å². The van der Waals surface area contributed by atoms with Crippen molar-refractivity contribution in [3.63, 3.8) is 0 Å². The van der Waals surface area contributed by atoms with Crippen molar-refractivity contribution in [1.82, 2.24) is 4.90 Å². The second-order valence-corrected chi connectivity index (χ2v) is 4.77. The molecular formula is C11H14BrClN2O. The van der Waals surface area contributed by atoms with Crippen molar-refractivity contribution in [2.24, 2.45) is 0 Å². The molecule has 0 aromatic heterocycles. The van der Waals surface area contributed by atoms with Crippen LogP contribution in [0.3, 0.4) is 0 Å². The smallest absolute Gasteiger partial charge is 0.223 e. The Kier molecular flexibility index (Phi) is 5.09. The van der Waals surface area contributed by atoms with Gasteiger partial charge in [-0.2, -0.15) is 0 Å². The molecule has 0 atom stereocenters. The van der Waals surface area contributed by atoms with Crippen molar-refractivity contribution in [2.75, 3.05) is 26.0 Å². The van der Waals surface area contributed by atoms with Gasteiger partial charge in [0.05, 0.1) is 9.50 Å². The van der Waals surface area contributed by atoms with Gasteiger partial charge in [0.1, 0.15) is 0 Å². The Balaban J connectivity index is 2.49. The lowest BCUT2D eigenvalue weighted by Gasteiger charge is -2.12. The molecule has 0 unspecified atom stereocenters. The molecule has 0 fully saturated rings. The zero-order valence-corrected chi connectivity index (χ0v) is 11.6. The number of amides is 1. The number of anilines is 1. The molecular weight excluding hydrogens is 291 g/mol. The maximum Gasteiger partial charge on any atom is 0.223 e. The Bertz CT molecular complexity index is 382. The number of rotatable bonds is 4. The maximum absolute atomic E-state index is 11.3. The summed E-state index contributed by atoms with van der Waals surface area (Å²) >= 11 is 9.33. The zero-order chi connectivity index (χ0) is 12.1. The molecule has 0 spiro atoms. The van der Waals surface area contributed by atoms with Gasteiger partial charge in [0.2, 0.25) is 5.91 Å². The van der Waals surface area contributed by atoms with E-state index in [1.807, 2.05) is 18.2 Å². The summed E-state index contributed by atoms with van der Waals surface area (Å²) < 4.78 is 0.828. The molecule has 0 bridgehead atoms. The van der Waals surface area contributed by atoms with E-state index in [0.717, 1.165) is 10.2 Å². The van der Waals surface area contributed by atoms with Crippen molar-refractivity contribution in [3.05, 3.63) is 27.7 Å². The second kappa shape index (κ2) is 6.11. The van der Waals surface area contributed by atoms with E-state index in [2.05, 4.69) is 21.2 Å². The first-order chi connectivity index (χ1) is 7.52. The predicted octanol–water partition coefficient (Wildman–Crippen LogP) is 2.99. The Morgan fingerprint density at radius 3 is 2.81 bits per heavy atom. The number of nitrogens with one attached hydrogen (secondary N) is 1. The van der Waals surface area contributed by atoms with Crippen molar-refractivity contribution in [1.29, 1.82) is 0 Å². The summed E-state index contributed by atoms with van der Waals surface area (Å²) in [4.78, 5) is 12.9. The molecule has 1 amide bonds. The summed E-state index contributed by atoms with van der Waals surface area (Å²) in [5, 5.41) is 3.82. The van der Waals surface area contributed by atoms with Gasteiger partial charge in [-0.1, -0.05) is 17.7 Å². The van der Waals surface area contributed by atoms with E-state index in [0.29, 0.717) is 18.0 Å². The summed E-state index contributed by atoms with van der Waals surface area (Å²) in [6.45, 7) is 0.593. The van der Waals surface area contributed by atoms with Crippen LogP contribution in [0.1, 0.15) is 6.42 Å². The molecule has 1 rings (SSSR count). The van der Waals surface area contributed by atoms with Gasteiger partial charge in [-0.3, -0.25) is 4.79 Å². The fraction of sp³-hybridized carbons (Fsp3) is 0.364. The minimum Gasteiger partial charge on any atom is -0.384 e. The summed E-state index contributed by atoms with van der Waals surface area (Å²) in [7, 11) is 3.50. The predicted molar refractivity (Wildman–Crippen MR) is 71.0 cm³/mol. The minimum atomic E-state index is 0.102. The van der Waals surface area contributed by atoms with E-state index < -0.39 is 0 Å². The molecule has 0 saturated carbocycles. The third-order valence-electron chi connectivity index (χ3n) is 2.10. The summed E-state index contributed by atoms with van der Waals surface area (Å²) in [5.74, 6) is 0.102. The monoisotopic (exact) mass is 304 g/mol. The molecule has 1 aromatic rings. The molecule has 5 heteroatoms. The van der Waals surface area contributed by atoms with Crippen LogP contribution < -0.4 is 5.32 Å². The Labute approximate surface area is 109 Å². The first kappa shape index (κ1) is 13.3. The molecule has 1 aromatic carbocycles. The number of carbonyl (C=O) groups excluding carboxylic acids is 1. The quantitative estimate of drug-likeness (QED) is 0.927. The summed E-state index contributed by atoms with van der Waals surface area (Å²) in [5.41, 5.74) is 0.902. The van der Waals surface area contributed by atoms with Crippen LogP contribution in [-0.4, -0.2) is 31.4 Å². The fourth-order valence-corrected chi connectivity index (χ4v) is 1.75. The largest absolute Gasteiger partial charge is 0.384 e. The Morgan fingerprint density at radius 2 is 2.19 bits per heavy atom. The number of benzene rings is 1. The fourth-order valence-electron chi connectivity index (χ4n) is 1.17. The van der Waals surface area contributed by atoms with Gasteiger partial charge in [0.15, 0.2) is 0 Å². The highest BCUT2D eigenvalue weighted by Crippen LogP contribution is 2.29. The van der Waals surface area contributed by atoms with Crippen LogP contribution in [-0.2, 0) is 4.79 Å². The summed E-state index contributed by atoms with van der Waals surface area (Å²) in [6, 6.07) is 5.58. The highest BCUT2D eigenvalue weighted by atomic mass is 79.9. The molecule has 0 aliphatic carbocycles. The van der Waals surface area contributed by atoms with Gasteiger partial charge >= 0.3 is 0 Å². The Morgan fingerprint density at radius 1 is 1.50 bits per heavy atom. The van der Waals surface area contributed by atoms with E-state index in [4.69, 9.17) is 11.6 Å². The average Bonchev–Trinajstić information content (AvgIpc) is 2.24. The van der Waals surface area contributed by atoms with Gasteiger partial charge in [-0.25, -0.2) is 0 Å². The molecule has 0 radical (unpaired) electrons. The van der Waals surface area contributed by atoms with Crippen LogP contribution in [0.25, 0.3) is 0 Å².